The Morgan fingerprint density at radius 2 is 2.03 bits per heavy atom. The number of thiophene rings is 1. The topological polar surface area (TPSA) is 132 Å². The number of aromatic amines is 1. The van der Waals surface area contributed by atoms with Crippen molar-refractivity contribution in [3.63, 3.8) is 0 Å². The van der Waals surface area contributed by atoms with Crippen molar-refractivity contribution in [2.45, 2.75) is 6.54 Å². The Bertz CT molecular complexity index is 1580. The number of carbonyl (C=O) groups excluding carboxylic acids is 1. The normalized spacial score (nSPS) is 13.8. The second-order valence-corrected chi connectivity index (χ2v) is 9.85. The van der Waals surface area contributed by atoms with Gasteiger partial charge >= 0.3 is 0 Å². The standard InChI is InChI=1S/C25H24N8O3S/c1-32(25-27-12-15(13-28-25)24(34)31-35)14-16-11-20-21(37-16)23(33-7-9-36-10-8-33)30-22(29-20)18-3-2-4-19-17(18)5-6-26-19/h2-6,11-13,26,35H,7-10,14H2,1H3,(H,31,34). The van der Waals surface area contributed by atoms with Gasteiger partial charge in [0.25, 0.3) is 5.91 Å². The summed E-state index contributed by atoms with van der Waals surface area (Å²) in [7, 11) is 1.89. The molecule has 188 valence electrons. The third kappa shape index (κ3) is 4.46. The summed E-state index contributed by atoms with van der Waals surface area (Å²) in [5.74, 6) is 1.42. The lowest BCUT2D eigenvalue weighted by Crippen LogP contribution is -2.36. The van der Waals surface area contributed by atoms with E-state index in [1.807, 2.05) is 30.3 Å². The molecule has 3 N–H and O–H groups in total. The van der Waals surface area contributed by atoms with Crippen LogP contribution in [0.4, 0.5) is 11.8 Å². The van der Waals surface area contributed by atoms with Gasteiger partial charge in [0.15, 0.2) is 11.6 Å². The fraction of sp³-hybridized carbons (Fsp3) is 0.240. The van der Waals surface area contributed by atoms with Crippen molar-refractivity contribution in [2.75, 3.05) is 43.2 Å². The molecule has 5 aromatic rings. The zero-order valence-electron chi connectivity index (χ0n) is 20.0. The molecule has 1 aromatic carbocycles. The van der Waals surface area contributed by atoms with Crippen molar-refractivity contribution in [2.24, 2.45) is 0 Å². The molecule has 0 saturated carbocycles. The molecule has 0 bridgehead atoms. The summed E-state index contributed by atoms with van der Waals surface area (Å²) < 4.78 is 6.62. The number of carbonyl (C=O) groups is 1. The average Bonchev–Trinajstić information content (AvgIpc) is 3.59. The van der Waals surface area contributed by atoms with Crippen LogP contribution < -0.4 is 15.3 Å². The highest BCUT2D eigenvalue weighted by Crippen LogP contribution is 2.36. The molecule has 4 aromatic heterocycles. The van der Waals surface area contributed by atoms with Gasteiger partial charge in [0, 0.05) is 60.1 Å². The van der Waals surface area contributed by atoms with Gasteiger partial charge in [-0.05, 0) is 18.2 Å². The van der Waals surface area contributed by atoms with E-state index in [0.29, 0.717) is 31.5 Å². The number of aromatic nitrogens is 5. The number of fused-ring (bicyclic) bond motifs is 2. The van der Waals surface area contributed by atoms with E-state index in [1.165, 1.54) is 12.4 Å². The van der Waals surface area contributed by atoms with Crippen LogP contribution in [0.5, 0.6) is 0 Å². The van der Waals surface area contributed by atoms with E-state index in [9.17, 15) is 4.79 Å². The van der Waals surface area contributed by atoms with Gasteiger partial charge in [-0.25, -0.2) is 25.4 Å². The van der Waals surface area contributed by atoms with E-state index in [-0.39, 0.29) is 5.56 Å². The summed E-state index contributed by atoms with van der Waals surface area (Å²) in [4.78, 5) is 38.6. The number of hydroxylamine groups is 1. The van der Waals surface area contributed by atoms with Crippen LogP contribution in [0.25, 0.3) is 32.5 Å². The number of morpholine rings is 1. The first-order chi connectivity index (χ1) is 18.1. The van der Waals surface area contributed by atoms with Crippen molar-refractivity contribution in [3.8, 4) is 11.4 Å². The highest BCUT2D eigenvalue weighted by molar-refractivity contribution is 7.19. The molecule has 1 aliphatic heterocycles. The zero-order valence-corrected chi connectivity index (χ0v) is 20.8. The minimum atomic E-state index is -0.654. The van der Waals surface area contributed by atoms with Crippen molar-refractivity contribution in [1.29, 1.82) is 0 Å². The molecule has 37 heavy (non-hydrogen) atoms. The fourth-order valence-electron chi connectivity index (χ4n) is 4.44. The molecular weight excluding hydrogens is 492 g/mol. The fourth-order valence-corrected chi connectivity index (χ4v) is 5.60. The highest BCUT2D eigenvalue weighted by Gasteiger charge is 2.21. The number of H-pyrrole nitrogens is 1. The summed E-state index contributed by atoms with van der Waals surface area (Å²) in [6.45, 7) is 3.43. The van der Waals surface area contributed by atoms with Gasteiger partial charge in [-0.15, -0.1) is 11.3 Å². The third-order valence-electron chi connectivity index (χ3n) is 6.29. The maximum Gasteiger partial charge on any atom is 0.277 e. The van der Waals surface area contributed by atoms with Crippen LogP contribution in [0.15, 0.2) is 48.9 Å². The van der Waals surface area contributed by atoms with E-state index < -0.39 is 5.91 Å². The van der Waals surface area contributed by atoms with E-state index in [4.69, 9.17) is 19.9 Å². The first-order valence-corrected chi connectivity index (χ1v) is 12.6. The molecule has 0 atom stereocenters. The molecule has 1 aliphatic rings. The van der Waals surface area contributed by atoms with Crippen molar-refractivity contribution in [1.82, 2.24) is 30.4 Å². The Labute approximate surface area is 215 Å². The SMILES string of the molecule is CN(Cc1cc2nc(-c3cccc4[nH]ccc34)nc(N3CCOCC3)c2s1)c1ncc(C(=O)NO)cn1. The smallest absolute Gasteiger partial charge is 0.277 e. The minimum Gasteiger partial charge on any atom is -0.378 e. The summed E-state index contributed by atoms with van der Waals surface area (Å²) in [5.41, 5.74) is 4.69. The summed E-state index contributed by atoms with van der Waals surface area (Å²) >= 11 is 1.65. The number of rotatable bonds is 6. The van der Waals surface area contributed by atoms with Crippen LogP contribution in [-0.2, 0) is 11.3 Å². The van der Waals surface area contributed by atoms with E-state index in [0.717, 1.165) is 50.5 Å². The molecule has 0 aliphatic carbocycles. The first kappa shape index (κ1) is 23.3. The lowest BCUT2D eigenvalue weighted by atomic mass is 10.1. The van der Waals surface area contributed by atoms with Crippen LogP contribution in [0, 0.1) is 0 Å². The maximum atomic E-state index is 11.6. The summed E-state index contributed by atoms with van der Waals surface area (Å²) in [5, 5.41) is 9.88. The number of amides is 1. The first-order valence-electron chi connectivity index (χ1n) is 11.8. The van der Waals surface area contributed by atoms with Gasteiger partial charge in [-0.2, -0.15) is 0 Å². The van der Waals surface area contributed by atoms with E-state index in [1.54, 1.807) is 16.8 Å². The molecule has 5 heterocycles. The molecule has 1 amide bonds. The predicted molar refractivity (Wildman–Crippen MR) is 141 cm³/mol. The van der Waals surface area contributed by atoms with E-state index in [2.05, 4.69) is 38.1 Å². The van der Waals surface area contributed by atoms with Crippen molar-refractivity contribution < 1.29 is 14.7 Å². The van der Waals surface area contributed by atoms with Gasteiger partial charge in [0.1, 0.15) is 0 Å². The summed E-state index contributed by atoms with van der Waals surface area (Å²) in [6, 6.07) is 10.3. The molecular formula is C25H24N8O3S. The van der Waals surface area contributed by atoms with Crippen LogP contribution in [0.1, 0.15) is 15.2 Å². The lowest BCUT2D eigenvalue weighted by molar-refractivity contribution is 0.0705. The number of hydrogen-bond donors (Lipinski definition) is 3. The Morgan fingerprint density at radius 1 is 1.22 bits per heavy atom. The lowest BCUT2D eigenvalue weighted by Gasteiger charge is -2.28. The van der Waals surface area contributed by atoms with Gasteiger partial charge in [0.05, 0.1) is 35.5 Å². The number of anilines is 2. The Hall–Kier alpha value is -4.13. The molecule has 1 fully saturated rings. The Morgan fingerprint density at radius 3 is 2.81 bits per heavy atom. The molecule has 0 spiro atoms. The van der Waals surface area contributed by atoms with Crippen LogP contribution >= 0.6 is 11.3 Å². The van der Waals surface area contributed by atoms with Gasteiger partial charge in [-0.1, -0.05) is 12.1 Å². The van der Waals surface area contributed by atoms with Crippen LogP contribution in [-0.4, -0.2) is 69.4 Å². The van der Waals surface area contributed by atoms with Crippen molar-refractivity contribution >= 4 is 50.1 Å². The monoisotopic (exact) mass is 516 g/mol. The average molecular weight is 517 g/mol. The van der Waals surface area contributed by atoms with Gasteiger partial charge < -0.3 is 19.5 Å². The number of nitrogens with one attached hydrogen (secondary N) is 2. The molecule has 0 unspecified atom stereocenters. The second-order valence-electron chi connectivity index (χ2n) is 8.71. The maximum absolute atomic E-state index is 11.6. The molecule has 1 saturated heterocycles. The zero-order chi connectivity index (χ0) is 25.4. The molecule has 11 nitrogen and oxygen atoms in total. The minimum absolute atomic E-state index is 0.178. The van der Waals surface area contributed by atoms with E-state index >= 15 is 0 Å². The largest absolute Gasteiger partial charge is 0.378 e. The number of ether oxygens (including phenoxy) is 1. The summed E-state index contributed by atoms with van der Waals surface area (Å²) in [6.07, 6.45) is 4.69. The third-order valence-corrected chi connectivity index (χ3v) is 7.39. The number of hydrogen-bond acceptors (Lipinski definition) is 10. The van der Waals surface area contributed by atoms with Gasteiger partial charge in [0.2, 0.25) is 5.95 Å². The van der Waals surface area contributed by atoms with Crippen LogP contribution in [0.3, 0.4) is 0 Å². The Kier molecular flexibility index (Phi) is 6.12. The Balaban J connectivity index is 1.37. The number of benzene rings is 1. The molecule has 12 heteroatoms. The molecule has 6 rings (SSSR count). The quantitative estimate of drug-likeness (QED) is 0.230. The molecule has 0 radical (unpaired) electrons. The highest BCUT2D eigenvalue weighted by atomic mass is 32.1. The predicted octanol–water partition coefficient (Wildman–Crippen LogP) is 3.22. The number of nitrogens with zero attached hydrogens (tertiary/aromatic N) is 6. The second kappa shape index (κ2) is 9.73. The van der Waals surface area contributed by atoms with Gasteiger partial charge in [-0.3, -0.25) is 10.0 Å². The van der Waals surface area contributed by atoms with Crippen molar-refractivity contribution in [3.05, 3.63) is 59.4 Å². The van der Waals surface area contributed by atoms with Crippen LogP contribution in [0.2, 0.25) is 0 Å².